The molecule has 2 N–H and O–H groups in total. The van der Waals surface area contributed by atoms with Gasteiger partial charge in [0.05, 0.1) is 26.5 Å². The van der Waals surface area contributed by atoms with Gasteiger partial charge < -0.3 is 5.32 Å². The third-order valence-corrected chi connectivity index (χ3v) is 3.89. The van der Waals surface area contributed by atoms with E-state index in [9.17, 15) is 0 Å². The van der Waals surface area contributed by atoms with Crippen LogP contribution in [0.1, 0.15) is 13.3 Å². The lowest BCUT2D eigenvalue weighted by Crippen LogP contribution is -2.05. The second-order valence-electron chi connectivity index (χ2n) is 4.06. The van der Waals surface area contributed by atoms with Crippen LogP contribution in [0, 0.1) is 0 Å². The molecule has 19 heavy (non-hydrogen) atoms. The summed E-state index contributed by atoms with van der Waals surface area (Å²) in [5.74, 6) is 0.609. The molecule has 5 nitrogen and oxygen atoms in total. The Morgan fingerprint density at radius 3 is 3.00 bits per heavy atom. The summed E-state index contributed by atoms with van der Waals surface area (Å²) in [6.07, 6.45) is 2.76. The first-order valence-electron chi connectivity index (χ1n) is 5.98. The number of aromatic nitrogens is 4. The zero-order valence-electron chi connectivity index (χ0n) is 10.3. The number of nitrogens with one attached hydrogen (secondary N) is 2. The van der Waals surface area contributed by atoms with E-state index in [-0.39, 0.29) is 0 Å². The van der Waals surface area contributed by atoms with Crippen molar-refractivity contribution in [3.05, 3.63) is 22.7 Å². The van der Waals surface area contributed by atoms with E-state index in [2.05, 4.69) is 32.4 Å². The fourth-order valence-electron chi connectivity index (χ4n) is 1.78. The van der Waals surface area contributed by atoms with E-state index in [1.807, 2.05) is 12.1 Å². The largest absolute Gasteiger partial charge is 0.354 e. The van der Waals surface area contributed by atoms with Gasteiger partial charge in [-0.15, -0.1) is 11.3 Å². The van der Waals surface area contributed by atoms with Crippen LogP contribution in [0.4, 0.5) is 5.95 Å². The third kappa shape index (κ3) is 2.41. The number of aromatic amines is 1. The average Bonchev–Trinajstić information content (AvgIpc) is 3.03. The molecule has 0 saturated heterocycles. The summed E-state index contributed by atoms with van der Waals surface area (Å²) in [6, 6.07) is 3.83. The number of nitrogens with zero attached hydrogens (tertiary/aromatic N) is 3. The lowest BCUT2D eigenvalue weighted by molar-refractivity contribution is 0.955. The number of H-pyrrole nitrogens is 1. The molecule has 0 unspecified atom stereocenters. The van der Waals surface area contributed by atoms with Gasteiger partial charge >= 0.3 is 0 Å². The van der Waals surface area contributed by atoms with Gasteiger partial charge in [0, 0.05) is 6.54 Å². The molecule has 0 saturated carbocycles. The summed E-state index contributed by atoms with van der Waals surface area (Å²) in [5, 5.41) is 11.0. The number of rotatable bonds is 4. The fourth-order valence-corrected chi connectivity index (χ4v) is 2.83. The summed E-state index contributed by atoms with van der Waals surface area (Å²) >= 11 is 7.49. The van der Waals surface area contributed by atoms with E-state index in [0.29, 0.717) is 5.95 Å². The van der Waals surface area contributed by atoms with Crippen molar-refractivity contribution in [2.24, 2.45) is 0 Å². The first-order chi connectivity index (χ1) is 9.28. The first kappa shape index (κ1) is 12.4. The third-order valence-electron chi connectivity index (χ3n) is 2.65. The van der Waals surface area contributed by atoms with E-state index in [1.54, 1.807) is 6.20 Å². The zero-order chi connectivity index (χ0) is 13.2. The monoisotopic (exact) mass is 293 g/mol. The second-order valence-corrected chi connectivity index (χ2v) is 5.77. The molecule has 3 rings (SSSR count). The Bertz CT molecular complexity index is 705. The lowest BCUT2D eigenvalue weighted by atomic mass is 10.2. The minimum absolute atomic E-state index is 0.609. The first-order valence-corrected chi connectivity index (χ1v) is 7.18. The molecule has 0 aliphatic carbocycles. The van der Waals surface area contributed by atoms with Crippen molar-refractivity contribution in [2.75, 3.05) is 11.9 Å². The molecule has 0 bridgehead atoms. The average molecular weight is 294 g/mol. The number of halogens is 1. The highest BCUT2D eigenvalue weighted by Gasteiger charge is 2.12. The predicted octanol–water partition coefficient (Wildman–Crippen LogP) is 3.56. The number of hydrogen-bond donors (Lipinski definition) is 2. The van der Waals surface area contributed by atoms with Crippen molar-refractivity contribution in [1.29, 1.82) is 0 Å². The van der Waals surface area contributed by atoms with Crippen LogP contribution in [0.2, 0.25) is 4.34 Å². The molecule has 0 atom stereocenters. The lowest BCUT2D eigenvalue weighted by Gasteiger charge is -2.05. The minimum Gasteiger partial charge on any atom is -0.354 e. The predicted molar refractivity (Wildman–Crippen MR) is 78.8 cm³/mol. The van der Waals surface area contributed by atoms with Crippen molar-refractivity contribution in [3.63, 3.8) is 0 Å². The smallest absolute Gasteiger partial charge is 0.225 e. The highest BCUT2D eigenvalue weighted by Crippen LogP contribution is 2.33. The SMILES string of the molecule is CCCNc1nc(-c2ccc(Cl)s2)c2cn[nH]c2n1. The summed E-state index contributed by atoms with van der Waals surface area (Å²) < 4.78 is 0.744. The molecule has 7 heteroatoms. The van der Waals surface area contributed by atoms with Crippen LogP contribution >= 0.6 is 22.9 Å². The number of fused-ring (bicyclic) bond motifs is 1. The molecule has 3 heterocycles. The minimum atomic E-state index is 0.609. The highest BCUT2D eigenvalue weighted by molar-refractivity contribution is 7.19. The zero-order valence-corrected chi connectivity index (χ0v) is 11.8. The molecule has 0 aliphatic heterocycles. The van der Waals surface area contributed by atoms with Gasteiger partial charge in [0.2, 0.25) is 5.95 Å². The summed E-state index contributed by atoms with van der Waals surface area (Å²) in [6.45, 7) is 2.94. The molecular weight excluding hydrogens is 282 g/mol. The second kappa shape index (κ2) is 5.14. The quantitative estimate of drug-likeness (QED) is 0.772. The van der Waals surface area contributed by atoms with Gasteiger partial charge in [0.25, 0.3) is 0 Å². The van der Waals surface area contributed by atoms with Gasteiger partial charge in [-0.2, -0.15) is 10.1 Å². The van der Waals surface area contributed by atoms with E-state index in [1.165, 1.54) is 11.3 Å². The van der Waals surface area contributed by atoms with Gasteiger partial charge in [-0.05, 0) is 18.6 Å². The molecular formula is C12H12ClN5S. The van der Waals surface area contributed by atoms with Gasteiger partial charge in [-0.25, -0.2) is 4.98 Å². The molecule has 98 valence electrons. The Morgan fingerprint density at radius 1 is 1.37 bits per heavy atom. The number of hydrogen-bond acceptors (Lipinski definition) is 5. The maximum absolute atomic E-state index is 5.99. The maximum Gasteiger partial charge on any atom is 0.225 e. The van der Waals surface area contributed by atoms with Crippen LogP contribution in [-0.2, 0) is 0 Å². The van der Waals surface area contributed by atoms with E-state index in [4.69, 9.17) is 11.6 Å². The van der Waals surface area contributed by atoms with E-state index >= 15 is 0 Å². The Kier molecular flexibility index (Phi) is 3.35. The Labute approximate surface area is 119 Å². The highest BCUT2D eigenvalue weighted by atomic mass is 35.5. The van der Waals surface area contributed by atoms with Crippen LogP contribution in [-0.4, -0.2) is 26.7 Å². The molecule has 0 spiro atoms. The van der Waals surface area contributed by atoms with Crippen LogP contribution in [0.25, 0.3) is 21.6 Å². The van der Waals surface area contributed by atoms with Gasteiger partial charge in [0.15, 0.2) is 5.65 Å². The molecule has 0 aliphatic rings. The molecule has 3 aromatic heterocycles. The van der Waals surface area contributed by atoms with Crippen molar-refractivity contribution in [1.82, 2.24) is 20.2 Å². The van der Waals surface area contributed by atoms with Crippen molar-refractivity contribution >= 4 is 39.9 Å². The Balaban J connectivity index is 2.12. The molecule has 0 radical (unpaired) electrons. The summed E-state index contributed by atoms with van der Waals surface area (Å²) in [7, 11) is 0. The maximum atomic E-state index is 5.99. The van der Waals surface area contributed by atoms with Crippen molar-refractivity contribution < 1.29 is 0 Å². The van der Waals surface area contributed by atoms with Crippen LogP contribution in [0.5, 0.6) is 0 Å². The van der Waals surface area contributed by atoms with Gasteiger partial charge in [-0.1, -0.05) is 18.5 Å². The van der Waals surface area contributed by atoms with Gasteiger partial charge in [0.1, 0.15) is 0 Å². The van der Waals surface area contributed by atoms with Crippen molar-refractivity contribution in [2.45, 2.75) is 13.3 Å². The van der Waals surface area contributed by atoms with E-state index in [0.717, 1.165) is 38.9 Å². The molecule has 3 aromatic rings. The Morgan fingerprint density at radius 2 is 2.26 bits per heavy atom. The van der Waals surface area contributed by atoms with Crippen LogP contribution in [0.3, 0.4) is 0 Å². The van der Waals surface area contributed by atoms with E-state index < -0.39 is 0 Å². The fraction of sp³-hybridized carbons (Fsp3) is 0.250. The topological polar surface area (TPSA) is 66.5 Å². The van der Waals surface area contributed by atoms with Crippen LogP contribution < -0.4 is 5.32 Å². The summed E-state index contributed by atoms with van der Waals surface area (Å²) in [4.78, 5) is 9.97. The standard InChI is InChI=1S/C12H12ClN5S/c1-2-5-14-12-16-10(8-3-4-9(13)19-8)7-6-15-18-11(7)17-12/h3-4,6H,2,5H2,1H3,(H2,14,15,16,17,18). The van der Waals surface area contributed by atoms with Crippen LogP contribution in [0.15, 0.2) is 18.3 Å². The number of thiophene rings is 1. The Hall–Kier alpha value is -1.66. The van der Waals surface area contributed by atoms with Gasteiger partial charge in [-0.3, -0.25) is 5.10 Å². The van der Waals surface area contributed by atoms with Crippen molar-refractivity contribution in [3.8, 4) is 10.6 Å². The molecule has 0 aromatic carbocycles. The molecule has 0 fully saturated rings. The molecule has 0 amide bonds. The normalized spacial score (nSPS) is 11.1. The number of anilines is 1. The summed E-state index contributed by atoms with van der Waals surface area (Å²) in [5.41, 5.74) is 1.59.